The molecule has 2 rings (SSSR count). The van der Waals surface area contributed by atoms with Gasteiger partial charge in [0, 0.05) is 13.0 Å². The Hall–Kier alpha value is 0.0969. The number of rotatable bonds is 8. The van der Waals surface area contributed by atoms with Crippen LogP contribution in [0.1, 0.15) is 53.4 Å². The van der Waals surface area contributed by atoms with Crippen LogP contribution in [0.4, 0.5) is 0 Å². The normalized spacial score (nSPS) is 37.9. The summed E-state index contributed by atoms with van der Waals surface area (Å²) in [4.78, 5) is 0. The minimum Gasteiger partial charge on any atom is -0.412 e. The van der Waals surface area contributed by atoms with E-state index in [0.29, 0.717) is 17.8 Å². The Balaban J connectivity index is 2.13. The SMILES string of the molecule is COC1C(O[Si](C)(C)C)C(C)CC2(CO2)C1C(C)CCCC(C)C. The fourth-order valence-corrected chi connectivity index (χ4v) is 5.95. The molecule has 3 nitrogen and oxygen atoms in total. The molecule has 24 heavy (non-hydrogen) atoms. The lowest BCUT2D eigenvalue weighted by Crippen LogP contribution is -2.57. The van der Waals surface area contributed by atoms with Crippen molar-refractivity contribution in [2.75, 3.05) is 13.7 Å². The van der Waals surface area contributed by atoms with Crippen LogP contribution in [-0.2, 0) is 13.9 Å². The first-order valence-corrected chi connectivity index (χ1v) is 13.3. The summed E-state index contributed by atoms with van der Waals surface area (Å²) in [5.41, 5.74) is 0.0661. The van der Waals surface area contributed by atoms with Crippen molar-refractivity contribution >= 4 is 8.32 Å². The Bertz CT molecular complexity index is 400. The van der Waals surface area contributed by atoms with Crippen LogP contribution >= 0.6 is 0 Å². The second-order valence-electron chi connectivity index (χ2n) is 9.76. The molecule has 0 aromatic heterocycles. The molecule has 2 fully saturated rings. The first kappa shape index (κ1) is 20.4. The third-order valence-corrected chi connectivity index (χ3v) is 6.82. The van der Waals surface area contributed by atoms with E-state index < -0.39 is 8.32 Å². The van der Waals surface area contributed by atoms with E-state index in [2.05, 4.69) is 47.3 Å². The van der Waals surface area contributed by atoms with Crippen LogP contribution in [-0.4, -0.2) is 39.8 Å². The van der Waals surface area contributed by atoms with Gasteiger partial charge in [0.1, 0.15) is 0 Å². The molecule has 2 aliphatic rings. The average molecular weight is 357 g/mol. The van der Waals surface area contributed by atoms with Crippen LogP contribution in [0.5, 0.6) is 0 Å². The molecule has 0 aromatic carbocycles. The fourth-order valence-electron chi connectivity index (χ4n) is 4.77. The van der Waals surface area contributed by atoms with E-state index in [9.17, 15) is 0 Å². The largest absolute Gasteiger partial charge is 0.412 e. The maximum atomic E-state index is 6.60. The molecular weight excluding hydrogens is 316 g/mol. The molecular formula is C20H40O3Si. The quantitative estimate of drug-likeness (QED) is 0.447. The standard InChI is InChI=1S/C20H40O3Si/c1-14(2)10-9-11-15(3)17-19(21-5)18(23-24(6,7)8)16(4)12-20(17)13-22-20/h14-19H,9-13H2,1-8H3. The lowest BCUT2D eigenvalue weighted by Gasteiger charge is -2.48. The predicted molar refractivity (Wildman–Crippen MR) is 103 cm³/mol. The molecule has 0 bridgehead atoms. The number of hydrogen-bond acceptors (Lipinski definition) is 3. The number of epoxide rings is 1. The number of methoxy groups -OCH3 is 1. The Morgan fingerprint density at radius 2 is 1.75 bits per heavy atom. The molecule has 0 radical (unpaired) electrons. The van der Waals surface area contributed by atoms with Gasteiger partial charge in [-0.2, -0.15) is 0 Å². The van der Waals surface area contributed by atoms with Crippen molar-refractivity contribution < 1.29 is 13.9 Å². The minimum absolute atomic E-state index is 0.0661. The Labute approximate surface area is 151 Å². The van der Waals surface area contributed by atoms with Gasteiger partial charge in [-0.05, 0) is 43.8 Å². The van der Waals surface area contributed by atoms with Gasteiger partial charge in [0.15, 0.2) is 8.32 Å². The summed E-state index contributed by atoms with van der Waals surface area (Å²) in [6, 6.07) is 0. The van der Waals surface area contributed by atoms with E-state index in [-0.39, 0.29) is 17.8 Å². The second kappa shape index (κ2) is 7.77. The molecule has 0 amide bonds. The Morgan fingerprint density at radius 1 is 1.12 bits per heavy atom. The monoisotopic (exact) mass is 356 g/mol. The lowest BCUT2D eigenvalue weighted by atomic mass is 9.65. The highest BCUT2D eigenvalue weighted by atomic mass is 28.4. The van der Waals surface area contributed by atoms with Crippen molar-refractivity contribution in [1.29, 1.82) is 0 Å². The predicted octanol–water partition coefficient (Wildman–Crippen LogP) is 5.11. The van der Waals surface area contributed by atoms with Gasteiger partial charge in [0.05, 0.1) is 24.4 Å². The third kappa shape index (κ3) is 4.84. The zero-order chi connectivity index (χ0) is 18.1. The zero-order valence-electron chi connectivity index (χ0n) is 17.2. The van der Waals surface area contributed by atoms with E-state index >= 15 is 0 Å². The molecule has 0 N–H and O–H groups in total. The van der Waals surface area contributed by atoms with Crippen LogP contribution in [0, 0.1) is 23.7 Å². The van der Waals surface area contributed by atoms with E-state index in [0.717, 1.165) is 18.9 Å². The van der Waals surface area contributed by atoms with E-state index in [1.807, 2.05) is 7.11 Å². The van der Waals surface area contributed by atoms with Gasteiger partial charge >= 0.3 is 0 Å². The second-order valence-corrected chi connectivity index (χ2v) is 14.2. The van der Waals surface area contributed by atoms with Crippen LogP contribution in [0.3, 0.4) is 0 Å². The number of hydrogen-bond donors (Lipinski definition) is 0. The fraction of sp³-hybridized carbons (Fsp3) is 1.00. The summed E-state index contributed by atoms with van der Waals surface area (Å²) in [7, 11) is 0.272. The molecule has 1 aliphatic carbocycles. The van der Waals surface area contributed by atoms with E-state index in [1.54, 1.807) is 0 Å². The lowest BCUT2D eigenvalue weighted by molar-refractivity contribution is -0.127. The zero-order valence-corrected chi connectivity index (χ0v) is 18.2. The molecule has 1 saturated carbocycles. The molecule has 1 aliphatic heterocycles. The van der Waals surface area contributed by atoms with E-state index in [1.165, 1.54) is 19.3 Å². The highest BCUT2D eigenvalue weighted by molar-refractivity contribution is 6.69. The van der Waals surface area contributed by atoms with Gasteiger partial charge in [-0.1, -0.05) is 47.0 Å². The first-order valence-electron chi connectivity index (χ1n) is 9.94. The van der Waals surface area contributed by atoms with Crippen molar-refractivity contribution in [2.45, 2.75) is 90.8 Å². The summed E-state index contributed by atoms with van der Waals surface area (Å²) in [5, 5.41) is 0. The topological polar surface area (TPSA) is 31.0 Å². The maximum Gasteiger partial charge on any atom is 0.184 e. The van der Waals surface area contributed by atoms with Gasteiger partial charge < -0.3 is 13.9 Å². The molecule has 142 valence electrons. The van der Waals surface area contributed by atoms with Gasteiger partial charge in [-0.15, -0.1) is 0 Å². The maximum absolute atomic E-state index is 6.60. The molecule has 1 saturated heterocycles. The Morgan fingerprint density at radius 3 is 2.21 bits per heavy atom. The summed E-state index contributed by atoms with van der Waals surface area (Å²) >= 11 is 0. The highest BCUT2D eigenvalue weighted by Crippen LogP contribution is 2.53. The summed E-state index contributed by atoms with van der Waals surface area (Å²) in [6.07, 6.45) is 5.39. The van der Waals surface area contributed by atoms with Gasteiger partial charge in [-0.25, -0.2) is 0 Å². The van der Waals surface area contributed by atoms with Crippen molar-refractivity contribution in [2.24, 2.45) is 23.7 Å². The highest BCUT2D eigenvalue weighted by Gasteiger charge is 2.62. The van der Waals surface area contributed by atoms with Crippen molar-refractivity contribution in [3.8, 4) is 0 Å². The summed E-state index contributed by atoms with van der Waals surface area (Å²) in [5.74, 6) is 2.38. The smallest absolute Gasteiger partial charge is 0.184 e. The summed E-state index contributed by atoms with van der Waals surface area (Å²) < 4.78 is 18.7. The van der Waals surface area contributed by atoms with Crippen LogP contribution in [0.2, 0.25) is 19.6 Å². The van der Waals surface area contributed by atoms with Crippen molar-refractivity contribution in [3.63, 3.8) is 0 Å². The van der Waals surface area contributed by atoms with Gasteiger partial charge in [0.25, 0.3) is 0 Å². The van der Waals surface area contributed by atoms with E-state index in [4.69, 9.17) is 13.9 Å². The molecule has 6 unspecified atom stereocenters. The molecule has 6 atom stereocenters. The molecule has 1 spiro atoms. The molecule has 4 heteroatoms. The van der Waals surface area contributed by atoms with Gasteiger partial charge in [-0.3, -0.25) is 0 Å². The molecule has 1 heterocycles. The first-order chi connectivity index (χ1) is 11.1. The van der Waals surface area contributed by atoms with Gasteiger partial charge in [0.2, 0.25) is 0 Å². The van der Waals surface area contributed by atoms with Crippen molar-refractivity contribution in [3.05, 3.63) is 0 Å². The summed E-state index contributed by atoms with van der Waals surface area (Å²) in [6.45, 7) is 17.1. The number of ether oxygens (including phenoxy) is 2. The van der Waals surface area contributed by atoms with Crippen LogP contribution in [0.15, 0.2) is 0 Å². The van der Waals surface area contributed by atoms with Crippen LogP contribution < -0.4 is 0 Å². The third-order valence-electron chi connectivity index (χ3n) is 5.84. The Kier molecular flexibility index (Phi) is 6.61. The van der Waals surface area contributed by atoms with Crippen LogP contribution in [0.25, 0.3) is 0 Å². The average Bonchev–Trinajstić information content (AvgIpc) is 3.19. The minimum atomic E-state index is -1.60. The van der Waals surface area contributed by atoms with Crippen molar-refractivity contribution in [1.82, 2.24) is 0 Å². The molecule has 0 aromatic rings.